The first-order valence-corrected chi connectivity index (χ1v) is 12.1. The second-order valence-corrected chi connectivity index (χ2v) is 9.86. The van der Waals surface area contributed by atoms with E-state index in [-0.39, 0.29) is 42.4 Å². The average molecular weight is 497 g/mol. The molecule has 198 valence electrons. The molecule has 4 N–H and O–H groups in total. The van der Waals surface area contributed by atoms with Gasteiger partial charge < -0.3 is 35.5 Å². The Hall–Kier alpha value is -2.43. The average Bonchev–Trinajstić information content (AvgIpc) is 2.82. The molecule has 9 nitrogen and oxygen atoms in total. The maximum absolute atomic E-state index is 14.0. The van der Waals surface area contributed by atoms with Gasteiger partial charge in [-0.2, -0.15) is 0 Å². The van der Waals surface area contributed by atoms with Gasteiger partial charge in [0.25, 0.3) is 0 Å². The van der Waals surface area contributed by atoms with Gasteiger partial charge in [0.05, 0.1) is 26.4 Å². The highest BCUT2D eigenvalue weighted by Crippen LogP contribution is 2.33. The van der Waals surface area contributed by atoms with Crippen LogP contribution in [0.4, 0.5) is 14.0 Å². The van der Waals surface area contributed by atoms with Gasteiger partial charge in [0, 0.05) is 45.2 Å². The number of urea groups is 1. The number of carbonyl (C=O) groups excluding carboxylic acids is 2. The monoisotopic (exact) mass is 496 g/mol. The number of likely N-dealkylation sites (tertiary alicyclic amines) is 1. The first-order valence-electron chi connectivity index (χ1n) is 12.1. The molecule has 0 radical (unpaired) electrons. The van der Waals surface area contributed by atoms with Crippen LogP contribution in [0.15, 0.2) is 24.3 Å². The highest BCUT2D eigenvalue weighted by Gasteiger charge is 2.32. The molecule has 0 aliphatic carbocycles. The first-order chi connectivity index (χ1) is 16.6. The molecule has 1 saturated heterocycles. The van der Waals surface area contributed by atoms with Crippen molar-refractivity contribution in [3.05, 3.63) is 35.6 Å². The Morgan fingerprint density at radius 3 is 2.74 bits per heavy atom. The number of amides is 3. The quantitative estimate of drug-likeness (QED) is 0.383. The summed E-state index contributed by atoms with van der Waals surface area (Å²) in [6.45, 7) is 6.72. The third kappa shape index (κ3) is 9.99. The van der Waals surface area contributed by atoms with Crippen LogP contribution in [0.3, 0.4) is 0 Å². The van der Waals surface area contributed by atoms with E-state index in [1.165, 1.54) is 19.2 Å². The number of halogens is 1. The van der Waals surface area contributed by atoms with Crippen molar-refractivity contribution in [3.8, 4) is 0 Å². The Balaban J connectivity index is 1.97. The molecule has 3 atom stereocenters. The second kappa shape index (κ2) is 14.2. The molecule has 1 aliphatic heterocycles. The van der Waals surface area contributed by atoms with E-state index in [0.29, 0.717) is 31.8 Å². The predicted molar refractivity (Wildman–Crippen MR) is 131 cm³/mol. The second-order valence-electron chi connectivity index (χ2n) is 9.86. The van der Waals surface area contributed by atoms with Crippen molar-refractivity contribution in [2.24, 2.45) is 17.1 Å². The Morgan fingerprint density at radius 2 is 2.06 bits per heavy atom. The molecule has 0 aromatic heterocycles. The SMILES string of the molecule is COCC(C)(C)C[C@H](N)CNC(=O)N1CCC[C@@H]([C@@H](OCCNC(=O)OC)c2cccc(F)c2)C1. The van der Waals surface area contributed by atoms with Gasteiger partial charge in [-0.05, 0) is 42.4 Å². The summed E-state index contributed by atoms with van der Waals surface area (Å²) in [6, 6.07) is 5.96. The van der Waals surface area contributed by atoms with Crippen LogP contribution in [0, 0.1) is 17.2 Å². The van der Waals surface area contributed by atoms with Crippen LogP contribution in [0.2, 0.25) is 0 Å². The summed E-state index contributed by atoms with van der Waals surface area (Å²) in [7, 11) is 2.96. The molecule has 1 heterocycles. The lowest BCUT2D eigenvalue weighted by molar-refractivity contribution is -0.00865. The van der Waals surface area contributed by atoms with Gasteiger partial charge in [-0.1, -0.05) is 26.0 Å². The maximum Gasteiger partial charge on any atom is 0.406 e. The van der Waals surface area contributed by atoms with Gasteiger partial charge >= 0.3 is 12.1 Å². The zero-order chi connectivity index (χ0) is 25.8. The minimum Gasteiger partial charge on any atom is -0.453 e. The van der Waals surface area contributed by atoms with Gasteiger partial charge in [0.2, 0.25) is 0 Å². The largest absolute Gasteiger partial charge is 0.453 e. The Kier molecular flexibility index (Phi) is 11.7. The van der Waals surface area contributed by atoms with E-state index in [9.17, 15) is 14.0 Å². The van der Waals surface area contributed by atoms with Crippen molar-refractivity contribution in [2.75, 3.05) is 53.6 Å². The number of methoxy groups -OCH3 is 2. The summed E-state index contributed by atoms with van der Waals surface area (Å²) >= 11 is 0. The molecule has 1 aromatic carbocycles. The minimum absolute atomic E-state index is 0.0243. The van der Waals surface area contributed by atoms with Crippen molar-refractivity contribution in [1.82, 2.24) is 15.5 Å². The third-order valence-electron chi connectivity index (χ3n) is 6.07. The minimum atomic E-state index is -0.541. The number of rotatable bonds is 12. The lowest BCUT2D eigenvalue weighted by atomic mass is 9.87. The van der Waals surface area contributed by atoms with E-state index in [1.54, 1.807) is 18.1 Å². The van der Waals surface area contributed by atoms with E-state index in [2.05, 4.69) is 29.2 Å². The fourth-order valence-corrected chi connectivity index (χ4v) is 4.60. The van der Waals surface area contributed by atoms with Crippen molar-refractivity contribution >= 4 is 12.1 Å². The molecule has 0 bridgehead atoms. The highest BCUT2D eigenvalue weighted by atomic mass is 19.1. The van der Waals surface area contributed by atoms with Crippen LogP contribution in [0.1, 0.15) is 44.8 Å². The summed E-state index contributed by atoms with van der Waals surface area (Å²) in [4.78, 5) is 26.0. The van der Waals surface area contributed by atoms with Crippen molar-refractivity contribution < 1.29 is 28.2 Å². The van der Waals surface area contributed by atoms with E-state index < -0.39 is 12.2 Å². The van der Waals surface area contributed by atoms with Gasteiger partial charge in [0.1, 0.15) is 5.82 Å². The highest BCUT2D eigenvalue weighted by molar-refractivity contribution is 5.74. The van der Waals surface area contributed by atoms with Gasteiger partial charge in [-0.25, -0.2) is 14.0 Å². The number of benzene rings is 1. The molecule has 3 amide bonds. The first kappa shape index (κ1) is 28.8. The molecular formula is C25H41FN4O5. The molecule has 10 heteroatoms. The van der Waals surface area contributed by atoms with E-state index in [1.807, 2.05) is 6.07 Å². The summed E-state index contributed by atoms with van der Waals surface area (Å²) in [5.74, 6) is -0.372. The third-order valence-corrected chi connectivity index (χ3v) is 6.07. The summed E-state index contributed by atoms with van der Waals surface area (Å²) in [6.07, 6.45) is 1.40. The number of piperidine rings is 1. The molecule has 0 saturated carbocycles. The van der Waals surface area contributed by atoms with Crippen LogP contribution in [-0.4, -0.2) is 76.7 Å². The van der Waals surface area contributed by atoms with Crippen molar-refractivity contribution in [1.29, 1.82) is 0 Å². The number of carbonyl (C=O) groups is 2. The Bertz CT molecular complexity index is 810. The molecule has 1 fully saturated rings. The number of alkyl carbamates (subject to hydrolysis) is 1. The fourth-order valence-electron chi connectivity index (χ4n) is 4.60. The lowest BCUT2D eigenvalue weighted by Gasteiger charge is -2.37. The molecular weight excluding hydrogens is 455 g/mol. The Labute approximate surface area is 207 Å². The van der Waals surface area contributed by atoms with Crippen LogP contribution >= 0.6 is 0 Å². The zero-order valence-electron chi connectivity index (χ0n) is 21.3. The standard InChI is InChI=1S/C25H41FN4O5/c1-25(2,17-33-3)14-21(27)15-29-23(31)30-11-6-8-19(16-30)22(18-7-5-9-20(26)13-18)35-12-10-28-24(32)34-4/h5,7,9,13,19,21-22H,6,8,10-12,14-17,27H2,1-4H3,(H,28,32)(H,29,31)/t19-,21+,22+/m1/s1. The van der Waals surface area contributed by atoms with Crippen LogP contribution in [-0.2, 0) is 14.2 Å². The lowest BCUT2D eigenvalue weighted by Crippen LogP contribution is -2.50. The van der Waals surface area contributed by atoms with E-state index in [4.69, 9.17) is 15.2 Å². The molecule has 1 aliphatic rings. The Morgan fingerprint density at radius 1 is 1.29 bits per heavy atom. The van der Waals surface area contributed by atoms with Gasteiger partial charge in [-0.15, -0.1) is 0 Å². The number of hydrogen-bond donors (Lipinski definition) is 3. The molecule has 1 aromatic rings. The topological polar surface area (TPSA) is 115 Å². The predicted octanol–water partition coefficient (Wildman–Crippen LogP) is 3.05. The number of nitrogens with zero attached hydrogens (tertiary/aromatic N) is 1. The number of hydrogen-bond acceptors (Lipinski definition) is 6. The van der Waals surface area contributed by atoms with Gasteiger partial charge in [0.15, 0.2) is 0 Å². The van der Waals surface area contributed by atoms with E-state index in [0.717, 1.165) is 19.3 Å². The smallest absolute Gasteiger partial charge is 0.406 e. The van der Waals surface area contributed by atoms with Crippen LogP contribution in [0.25, 0.3) is 0 Å². The summed E-state index contributed by atoms with van der Waals surface area (Å²) in [5.41, 5.74) is 6.88. The molecule has 35 heavy (non-hydrogen) atoms. The van der Waals surface area contributed by atoms with Crippen molar-refractivity contribution in [3.63, 3.8) is 0 Å². The number of nitrogens with two attached hydrogens (primary N) is 1. The van der Waals surface area contributed by atoms with Crippen LogP contribution in [0.5, 0.6) is 0 Å². The number of nitrogens with one attached hydrogen (secondary N) is 2. The fraction of sp³-hybridized carbons (Fsp3) is 0.680. The maximum atomic E-state index is 14.0. The van der Waals surface area contributed by atoms with E-state index >= 15 is 0 Å². The number of ether oxygens (including phenoxy) is 3. The normalized spacial score (nSPS) is 18.0. The van der Waals surface area contributed by atoms with Crippen molar-refractivity contribution in [2.45, 2.75) is 45.3 Å². The molecule has 0 spiro atoms. The molecule has 0 unspecified atom stereocenters. The summed E-state index contributed by atoms with van der Waals surface area (Å²) in [5, 5.41) is 5.53. The summed E-state index contributed by atoms with van der Waals surface area (Å²) < 4.78 is 29.9. The zero-order valence-corrected chi connectivity index (χ0v) is 21.3. The van der Waals surface area contributed by atoms with Gasteiger partial charge in [-0.3, -0.25) is 0 Å². The molecule has 2 rings (SSSR count). The van der Waals surface area contributed by atoms with Crippen LogP contribution < -0.4 is 16.4 Å².